The molecule has 84 valence electrons. The van der Waals surface area contributed by atoms with E-state index in [-0.39, 0.29) is 12.0 Å². The Hall–Kier alpha value is -0.960. The Bertz CT molecular complexity index is 307. The SMILES string of the molecule is CC(C)(C)c1cncc(COCCF)c1. The Kier molecular flexibility index (Phi) is 4.21. The van der Waals surface area contributed by atoms with Crippen LogP contribution in [0.4, 0.5) is 4.39 Å². The second-order valence-electron chi connectivity index (χ2n) is 4.57. The minimum absolute atomic E-state index is 0.0864. The summed E-state index contributed by atoms with van der Waals surface area (Å²) in [4.78, 5) is 4.16. The van der Waals surface area contributed by atoms with Gasteiger partial charge in [0.25, 0.3) is 0 Å². The van der Waals surface area contributed by atoms with Gasteiger partial charge in [0, 0.05) is 12.4 Å². The molecule has 0 atom stereocenters. The lowest BCUT2D eigenvalue weighted by Gasteiger charge is -2.19. The molecule has 3 heteroatoms. The van der Waals surface area contributed by atoms with Gasteiger partial charge in [0.1, 0.15) is 6.67 Å². The van der Waals surface area contributed by atoms with Crippen LogP contribution in [0.3, 0.4) is 0 Å². The first-order valence-electron chi connectivity index (χ1n) is 5.12. The van der Waals surface area contributed by atoms with Crippen molar-refractivity contribution in [3.63, 3.8) is 0 Å². The number of pyridine rings is 1. The fraction of sp³-hybridized carbons (Fsp3) is 0.583. The topological polar surface area (TPSA) is 22.1 Å². The van der Waals surface area contributed by atoms with Crippen LogP contribution in [0, 0.1) is 0 Å². The molecule has 0 bridgehead atoms. The molecule has 0 aromatic carbocycles. The second kappa shape index (κ2) is 5.21. The number of hydrogen-bond acceptors (Lipinski definition) is 2. The van der Waals surface area contributed by atoms with Crippen LogP contribution in [0.1, 0.15) is 31.9 Å². The lowest BCUT2D eigenvalue weighted by molar-refractivity contribution is 0.106. The Morgan fingerprint density at radius 3 is 2.67 bits per heavy atom. The largest absolute Gasteiger partial charge is 0.374 e. The lowest BCUT2D eigenvalue weighted by Crippen LogP contribution is -2.12. The van der Waals surface area contributed by atoms with E-state index in [1.807, 2.05) is 6.20 Å². The van der Waals surface area contributed by atoms with Gasteiger partial charge in [-0.05, 0) is 22.6 Å². The molecule has 1 rings (SSSR count). The van der Waals surface area contributed by atoms with E-state index in [4.69, 9.17) is 4.74 Å². The maximum absolute atomic E-state index is 11.8. The molecule has 0 N–H and O–H groups in total. The molecule has 1 aromatic rings. The smallest absolute Gasteiger partial charge is 0.113 e. The van der Waals surface area contributed by atoms with Crippen LogP contribution < -0.4 is 0 Å². The average molecular weight is 211 g/mol. The molecule has 1 aromatic heterocycles. The van der Waals surface area contributed by atoms with Crippen molar-refractivity contribution < 1.29 is 9.13 Å². The van der Waals surface area contributed by atoms with Gasteiger partial charge < -0.3 is 4.74 Å². The summed E-state index contributed by atoms with van der Waals surface area (Å²) in [6.07, 6.45) is 3.62. The molecule has 0 saturated carbocycles. The van der Waals surface area contributed by atoms with E-state index in [0.717, 1.165) is 5.56 Å². The predicted octanol–water partition coefficient (Wildman–Crippen LogP) is 2.87. The summed E-state index contributed by atoms with van der Waals surface area (Å²) < 4.78 is 16.9. The molecular weight excluding hydrogens is 193 g/mol. The molecule has 0 amide bonds. The van der Waals surface area contributed by atoms with Crippen molar-refractivity contribution in [1.82, 2.24) is 4.98 Å². The number of hydrogen-bond donors (Lipinski definition) is 0. The summed E-state index contributed by atoms with van der Waals surface area (Å²) in [7, 11) is 0. The first kappa shape index (κ1) is 12.1. The standard InChI is InChI=1S/C12H18FNO/c1-12(2,3)11-6-10(7-14-8-11)9-15-5-4-13/h6-8H,4-5,9H2,1-3H3. The Morgan fingerprint density at radius 2 is 2.07 bits per heavy atom. The van der Waals surface area contributed by atoms with Crippen molar-refractivity contribution in [2.45, 2.75) is 32.8 Å². The second-order valence-corrected chi connectivity index (χ2v) is 4.57. The summed E-state index contributed by atoms with van der Waals surface area (Å²) >= 11 is 0. The van der Waals surface area contributed by atoms with E-state index in [0.29, 0.717) is 6.61 Å². The van der Waals surface area contributed by atoms with Gasteiger partial charge in [0.05, 0.1) is 13.2 Å². The first-order chi connectivity index (χ1) is 7.04. The highest BCUT2D eigenvalue weighted by atomic mass is 19.1. The zero-order chi connectivity index (χ0) is 11.3. The summed E-state index contributed by atoms with van der Waals surface area (Å²) in [6, 6.07) is 2.06. The number of ether oxygens (including phenoxy) is 1. The minimum atomic E-state index is -0.438. The molecule has 0 radical (unpaired) electrons. The monoisotopic (exact) mass is 211 g/mol. The quantitative estimate of drug-likeness (QED) is 0.714. The van der Waals surface area contributed by atoms with Gasteiger partial charge in [-0.3, -0.25) is 4.98 Å². The molecule has 1 heterocycles. The van der Waals surface area contributed by atoms with Gasteiger partial charge in [-0.1, -0.05) is 20.8 Å². The van der Waals surface area contributed by atoms with E-state index in [1.165, 1.54) is 5.56 Å². The summed E-state index contributed by atoms with van der Waals surface area (Å²) in [5, 5.41) is 0. The lowest BCUT2D eigenvalue weighted by atomic mass is 9.88. The molecule has 15 heavy (non-hydrogen) atoms. The van der Waals surface area contributed by atoms with Crippen LogP contribution in [-0.4, -0.2) is 18.3 Å². The third kappa shape index (κ3) is 3.96. The third-order valence-corrected chi connectivity index (χ3v) is 2.15. The van der Waals surface area contributed by atoms with Gasteiger partial charge in [-0.25, -0.2) is 4.39 Å². The Labute approximate surface area is 90.5 Å². The summed E-state index contributed by atoms with van der Waals surface area (Å²) in [5.41, 5.74) is 2.25. The Balaban J connectivity index is 2.66. The van der Waals surface area contributed by atoms with E-state index in [9.17, 15) is 4.39 Å². The van der Waals surface area contributed by atoms with Crippen LogP contribution >= 0.6 is 0 Å². The fourth-order valence-electron chi connectivity index (χ4n) is 1.22. The van der Waals surface area contributed by atoms with E-state index in [1.54, 1.807) is 6.20 Å². The van der Waals surface area contributed by atoms with Crippen LogP contribution in [0.15, 0.2) is 18.5 Å². The van der Waals surface area contributed by atoms with Gasteiger partial charge in [0.2, 0.25) is 0 Å². The number of rotatable bonds is 4. The zero-order valence-corrected chi connectivity index (χ0v) is 9.59. The van der Waals surface area contributed by atoms with Crippen LogP contribution in [0.25, 0.3) is 0 Å². The first-order valence-corrected chi connectivity index (χ1v) is 5.12. The minimum Gasteiger partial charge on any atom is -0.374 e. The molecular formula is C12H18FNO. The van der Waals surface area contributed by atoms with E-state index < -0.39 is 6.67 Å². The molecule has 0 unspecified atom stereocenters. The predicted molar refractivity (Wildman–Crippen MR) is 58.6 cm³/mol. The number of aromatic nitrogens is 1. The fourth-order valence-corrected chi connectivity index (χ4v) is 1.22. The summed E-state index contributed by atoms with van der Waals surface area (Å²) in [6.45, 7) is 6.55. The molecule has 0 aliphatic carbocycles. The van der Waals surface area contributed by atoms with Crippen molar-refractivity contribution in [1.29, 1.82) is 0 Å². The molecule has 0 saturated heterocycles. The highest BCUT2D eigenvalue weighted by molar-refractivity contribution is 5.23. The highest BCUT2D eigenvalue weighted by Gasteiger charge is 2.14. The average Bonchev–Trinajstić information content (AvgIpc) is 2.17. The van der Waals surface area contributed by atoms with Gasteiger partial charge in [-0.15, -0.1) is 0 Å². The van der Waals surface area contributed by atoms with Crippen molar-refractivity contribution in [3.8, 4) is 0 Å². The van der Waals surface area contributed by atoms with Gasteiger partial charge in [0.15, 0.2) is 0 Å². The normalized spacial score (nSPS) is 11.7. The number of nitrogens with zero attached hydrogens (tertiary/aromatic N) is 1. The molecule has 0 aliphatic rings. The van der Waals surface area contributed by atoms with Crippen molar-refractivity contribution in [2.24, 2.45) is 0 Å². The van der Waals surface area contributed by atoms with Crippen molar-refractivity contribution in [3.05, 3.63) is 29.6 Å². The van der Waals surface area contributed by atoms with E-state index >= 15 is 0 Å². The van der Waals surface area contributed by atoms with Crippen molar-refractivity contribution >= 4 is 0 Å². The van der Waals surface area contributed by atoms with Gasteiger partial charge in [-0.2, -0.15) is 0 Å². The number of alkyl halides is 1. The van der Waals surface area contributed by atoms with E-state index in [2.05, 4.69) is 31.8 Å². The molecule has 0 fully saturated rings. The van der Waals surface area contributed by atoms with Crippen LogP contribution in [0.5, 0.6) is 0 Å². The highest BCUT2D eigenvalue weighted by Crippen LogP contribution is 2.21. The van der Waals surface area contributed by atoms with Crippen LogP contribution in [-0.2, 0) is 16.8 Å². The summed E-state index contributed by atoms with van der Waals surface area (Å²) in [5.74, 6) is 0. The third-order valence-electron chi connectivity index (χ3n) is 2.15. The number of halogens is 1. The molecule has 2 nitrogen and oxygen atoms in total. The molecule has 0 spiro atoms. The maximum Gasteiger partial charge on any atom is 0.113 e. The van der Waals surface area contributed by atoms with Crippen molar-refractivity contribution in [2.75, 3.05) is 13.3 Å². The van der Waals surface area contributed by atoms with Crippen LogP contribution in [0.2, 0.25) is 0 Å². The Morgan fingerprint density at radius 1 is 1.33 bits per heavy atom. The maximum atomic E-state index is 11.8. The zero-order valence-electron chi connectivity index (χ0n) is 9.59. The van der Waals surface area contributed by atoms with Gasteiger partial charge >= 0.3 is 0 Å². The molecule has 0 aliphatic heterocycles.